The van der Waals surface area contributed by atoms with Gasteiger partial charge in [0.05, 0.1) is 5.25 Å². The predicted octanol–water partition coefficient (Wildman–Crippen LogP) is 4.28. The van der Waals surface area contributed by atoms with Crippen molar-refractivity contribution in [3.63, 3.8) is 0 Å². The van der Waals surface area contributed by atoms with Crippen molar-refractivity contribution < 1.29 is 9.18 Å². The Hall–Kier alpha value is -1.81. The summed E-state index contributed by atoms with van der Waals surface area (Å²) in [5, 5.41) is 2.80. The first-order valence-corrected chi connectivity index (χ1v) is 8.60. The maximum atomic E-state index is 12.8. The quantitative estimate of drug-likeness (QED) is 0.801. The zero-order valence-corrected chi connectivity index (χ0v) is 14.5. The lowest BCUT2D eigenvalue weighted by Crippen LogP contribution is -2.32. The van der Waals surface area contributed by atoms with Crippen LogP contribution < -0.4 is 5.32 Å². The molecule has 0 bridgehead atoms. The van der Waals surface area contributed by atoms with Gasteiger partial charge in [-0.2, -0.15) is 0 Å². The highest BCUT2D eigenvalue weighted by molar-refractivity contribution is 8.00. The lowest BCUT2D eigenvalue weighted by atomic mass is 10.1. The third kappa shape index (κ3) is 5.39. The Kier molecular flexibility index (Phi) is 6.22. The van der Waals surface area contributed by atoms with Crippen LogP contribution in [0.3, 0.4) is 0 Å². The number of hydrogen-bond acceptors (Lipinski definition) is 2. The second-order valence-electron chi connectivity index (χ2n) is 5.70. The fourth-order valence-corrected chi connectivity index (χ4v) is 3.28. The summed E-state index contributed by atoms with van der Waals surface area (Å²) in [6.45, 7) is 6.58. The molecule has 0 aliphatic rings. The SMILES string of the molecule is Cc1ccc(C)c(S[C@@H](C)C(=O)NCCc2ccc(F)cc2)c1. The van der Waals surface area contributed by atoms with Gasteiger partial charge in [-0.25, -0.2) is 4.39 Å². The van der Waals surface area contributed by atoms with E-state index in [0.717, 1.165) is 10.5 Å². The smallest absolute Gasteiger partial charge is 0.233 e. The molecular formula is C19H22FNOS. The van der Waals surface area contributed by atoms with Gasteiger partial charge < -0.3 is 5.32 Å². The zero-order chi connectivity index (χ0) is 16.8. The molecule has 1 atom stereocenters. The minimum atomic E-state index is -0.240. The number of nitrogens with one attached hydrogen (secondary N) is 1. The molecule has 23 heavy (non-hydrogen) atoms. The van der Waals surface area contributed by atoms with Gasteiger partial charge in [-0.15, -0.1) is 11.8 Å². The summed E-state index contributed by atoms with van der Waals surface area (Å²) >= 11 is 1.58. The van der Waals surface area contributed by atoms with Crippen LogP contribution in [0.4, 0.5) is 4.39 Å². The molecule has 2 nitrogen and oxygen atoms in total. The van der Waals surface area contributed by atoms with E-state index in [1.165, 1.54) is 23.3 Å². The molecule has 0 aromatic heterocycles. The molecule has 2 rings (SSSR count). The highest BCUT2D eigenvalue weighted by Gasteiger charge is 2.15. The summed E-state index contributed by atoms with van der Waals surface area (Å²) in [7, 11) is 0. The molecule has 1 amide bonds. The van der Waals surface area contributed by atoms with Gasteiger partial charge in [-0.1, -0.05) is 29.8 Å². The molecule has 1 N–H and O–H groups in total. The summed E-state index contributed by atoms with van der Waals surface area (Å²) in [5.41, 5.74) is 3.40. The first-order valence-electron chi connectivity index (χ1n) is 7.72. The molecule has 0 fully saturated rings. The first kappa shape index (κ1) is 17.5. The molecule has 2 aromatic rings. The highest BCUT2D eigenvalue weighted by Crippen LogP contribution is 2.27. The minimum absolute atomic E-state index is 0.0259. The average molecular weight is 331 g/mol. The van der Waals surface area contributed by atoms with Crippen molar-refractivity contribution in [3.05, 3.63) is 65.0 Å². The molecular weight excluding hydrogens is 309 g/mol. The maximum absolute atomic E-state index is 12.8. The summed E-state index contributed by atoms with van der Waals surface area (Å²) < 4.78 is 12.8. The van der Waals surface area contributed by atoms with Gasteiger partial charge in [0.1, 0.15) is 5.82 Å². The normalized spacial score (nSPS) is 12.0. The van der Waals surface area contributed by atoms with E-state index in [1.54, 1.807) is 23.9 Å². The second kappa shape index (κ2) is 8.16. The van der Waals surface area contributed by atoms with Gasteiger partial charge >= 0.3 is 0 Å². The van der Waals surface area contributed by atoms with Gasteiger partial charge in [0.15, 0.2) is 0 Å². The van der Waals surface area contributed by atoms with Crippen molar-refractivity contribution in [3.8, 4) is 0 Å². The number of carbonyl (C=O) groups excluding carboxylic acids is 1. The molecule has 0 heterocycles. The van der Waals surface area contributed by atoms with E-state index in [2.05, 4.69) is 37.4 Å². The molecule has 0 aliphatic heterocycles. The zero-order valence-electron chi connectivity index (χ0n) is 13.7. The van der Waals surface area contributed by atoms with Crippen LogP contribution in [0.5, 0.6) is 0 Å². The first-order chi connectivity index (χ1) is 11.0. The topological polar surface area (TPSA) is 29.1 Å². The van der Waals surface area contributed by atoms with Crippen molar-refractivity contribution in [2.75, 3.05) is 6.54 Å². The van der Waals surface area contributed by atoms with E-state index >= 15 is 0 Å². The molecule has 0 saturated carbocycles. The highest BCUT2D eigenvalue weighted by atomic mass is 32.2. The van der Waals surface area contributed by atoms with Crippen molar-refractivity contribution >= 4 is 17.7 Å². The summed E-state index contributed by atoms with van der Waals surface area (Å²) in [5.74, 6) is -0.214. The molecule has 0 saturated heterocycles. The van der Waals surface area contributed by atoms with Crippen LogP contribution in [0.25, 0.3) is 0 Å². The van der Waals surface area contributed by atoms with E-state index in [0.29, 0.717) is 13.0 Å². The predicted molar refractivity (Wildman–Crippen MR) is 94.3 cm³/mol. The Bertz CT molecular complexity index is 670. The minimum Gasteiger partial charge on any atom is -0.355 e. The number of hydrogen-bond donors (Lipinski definition) is 1. The number of aryl methyl sites for hydroxylation is 2. The average Bonchev–Trinajstić information content (AvgIpc) is 2.52. The van der Waals surface area contributed by atoms with Gasteiger partial charge in [0.25, 0.3) is 0 Å². The van der Waals surface area contributed by atoms with E-state index in [9.17, 15) is 9.18 Å². The van der Waals surface area contributed by atoms with Crippen LogP contribution >= 0.6 is 11.8 Å². The van der Waals surface area contributed by atoms with Crippen molar-refractivity contribution in [1.29, 1.82) is 0 Å². The molecule has 0 unspecified atom stereocenters. The fraction of sp³-hybridized carbons (Fsp3) is 0.316. The lowest BCUT2D eigenvalue weighted by molar-refractivity contribution is -0.120. The van der Waals surface area contributed by atoms with E-state index in [4.69, 9.17) is 0 Å². The number of rotatable bonds is 6. The standard InChI is InChI=1S/C19H22FNOS/c1-13-4-5-14(2)18(12-13)23-15(3)19(22)21-11-10-16-6-8-17(20)9-7-16/h4-9,12,15H,10-11H2,1-3H3,(H,21,22)/t15-/m0/s1. The Morgan fingerprint density at radius 1 is 1.17 bits per heavy atom. The molecule has 122 valence electrons. The number of halogens is 1. The van der Waals surface area contributed by atoms with Crippen LogP contribution in [0.15, 0.2) is 47.4 Å². The summed E-state index contributed by atoms with van der Waals surface area (Å²) in [4.78, 5) is 13.3. The van der Waals surface area contributed by atoms with E-state index in [1.807, 2.05) is 6.92 Å². The van der Waals surface area contributed by atoms with Crippen LogP contribution in [-0.2, 0) is 11.2 Å². The summed E-state index contributed by atoms with van der Waals surface area (Å²) in [6, 6.07) is 12.6. The second-order valence-corrected chi connectivity index (χ2v) is 7.08. The Labute approximate surface area is 141 Å². The molecule has 2 aromatic carbocycles. The van der Waals surface area contributed by atoms with Crippen LogP contribution in [0, 0.1) is 19.7 Å². The van der Waals surface area contributed by atoms with Gasteiger partial charge in [0.2, 0.25) is 5.91 Å². The third-order valence-corrected chi connectivity index (χ3v) is 4.90. The van der Waals surface area contributed by atoms with Gasteiger partial charge in [-0.05, 0) is 56.5 Å². The van der Waals surface area contributed by atoms with Crippen molar-refractivity contribution in [2.24, 2.45) is 0 Å². The van der Waals surface area contributed by atoms with E-state index in [-0.39, 0.29) is 17.0 Å². The number of benzene rings is 2. The molecule has 0 spiro atoms. The van der Waals surface area contributed by atoms with Gasteiger partial charge in [-0.3, -0.25) is 4.79 Å². The fourth-order valence-electron chi connectivity index (χ4n) is 2.20. The largest absolute Gasteiger partial charge is 0.355 e. The number of thioether (sulfide) groups is 1. The lowest BCUT2D eigenvalue weighted by Gasteiger charge is -2.14. The Morgan fingerprint density at radius 2 is 1.87 bits per heavy atom. The Balaban J connectivity index is 1.83. The molecule has 0 aliphatic carbocycles. The third-order valence-electron chi connectivity index (χ3n) is 3.64. The summed E-state index contributed by atoms with van der Waals surface area (Å²) in [6.07, 6.45) is 0.701. The van der Waals surface area contributed by atoms with Gasteiger partial charge in [0, 0.05) is 11.4 Å². The number of carbonyl (C=O) groups is 1. The van der Waals surface area contributed by atoms with Crippen molar-refractivity contribution in [1.82, 2.24) is 5.32 Å². The number of amides is 1. The van der Waals surface area contributed by atoms with Crippen LogP contribution in [0.2, 0.25) is 0 Å². The molecule has 0 radical (unpaired) electrons. The van der Waals surface area contributed by atoms with E-state index < -0.39 is 0 Å². The van der Waals surface area contributed by atoms with Crippen LogP contribution in [-0.4, -0.2) is 17.7 Å². The Morgan fingerprint density at radius 3 is 2.57 bits per heavy atom. The van der Waals surface area contributed by atoms with Crippen LogP contribution in [0.1, 0.15) is 23.6 Å². The maximum Gasteiger partial charge on any atom is 0.233 e. The van der Waals surface area contributed by atoms with Crippen molar-refractivity contribution in [2.45, 2.75) is 37.3 Å². The molecule has 4 heteroatoms. The monoisotopic (exact) mass is 331 g/mol.